The molecule has 38 heavy (non-hydrogen) atoms. The minimum Gasteiger partial charge on any atom is -0.471 e. The lowest BCUT2D eigenvalue weighted by molar-refractivity contribution is 0.0803. The predicted octanol–water partition coefficient (Wildman–Crippen LogP) is 4.70. The van der Waals surface area contributed by atoms with Gasteiger partial charge >= 0.3 is 0 Å². The summed E-state index contributed by atoms with van der Waals surface area (Å²) >= 11 is 0. The van der Waals surface area contributed by atoms with E-state index in [1.54, 1.807) is 26.8 Å². The number of hydrogen-bond donors (Lipinski definition) is 4. The fourth-order valence-electron chi connectivity index (χ4n) is 3.50. The third-order valence-electron chi connectivity index (χ3n) is 5.26. The Morgan fingerprint density at radius 1 is 1.16 bits per heavy atom. The number of anilines is 1. The lowest BCUT2D eigenvalue weighted by Gasteiger charge is -2.18. The van der Waals surface area contributed by atoms with Crippen molar-refractivity contribution in [3.63, 3.8) is 0 Å². The molecule has 12 heteroatoms. The molecule has 0 bridgehead atoms. The molecule has 0 fully saturated rings. The second kappa shape index (κ2) is 12.0. The van der Waals surface area contributed by atoms with E-state index in [0.717, 1.165) is 0 Å². The van der Waals surface area contributed by atoms with Gasteiger partial charge in [0.05, 0.1) is 34.8 Å². The first-order valence-electron chi connectivity index (χ1n) is 11.8. The summed E-state index contributed by atoms with van der Waals surface area (Å²) in [6, 6.07) is 8.21. The van der Waals surface area contributed by atoms with Crippen molar-refractivity contribution in [2.75, 3.05) is 18.9 Å². The summed E-state index contributed by atoms with van der Waals surface area (Å²) in [4.78, 5) is 12.4. The van der Waals surface area contributed by atoms with Crippen molar-refractivity contribution >= 4 is 17.4 Å². The minimum absolute atomic E-state index is 0.0291. The summed E-state index contributed by atoms with van der Waals surface area (Å²) in [7, 11) is 0. The zero-order valence-corrected chi connectivity index (χ0v) is 21.5. The molecule has 0 aliphatic carbocycles. The van der Waals surface area contributed by atoms with E-state index in [-0.39, 0.29) is 41.9 Å². The summed E-state index contributed by atoms with van der Waals surface area (Å²) in [6.45, 7) is 6.53. The first-order chi connectivity index (χ1) is 17.9. The van der Waals surface area contributed by atoms with Gasteiger partial charge in [-0.3, -0.25) is 10.4 Å². The van der Waals surface area contributed by atoms with Crippen molar-refractivity contribution in [2.45, 2.75) is 46.1 Å². The molecule has 5 N–H and O–H groups in total. The summed E-state index contributed by atoms with van der Waals surface area (Å²) < 4.78 is 46.7. The number of aromatic nitrogens is 3. The molecule has 0 atom stereocenters. The lowest BCUT2D eigenvalue weighted by Crippen LogP contribution is -2.33. The number of nitrogens with zero attached hydrogens (tertiary/aromatic N) is 4. The van der Waals surface area contributed by atoms with Gasteiger partial charge in [0.25, 0.3) is 6.43 Å². The van der Waals surface area contributed by atoms with E-state index in [4.69, 9.17) is 15.9 Å². The van der Waals surface area contributed by atoms with Crippen LogP contribution in [0, 0.1) is 18.2 Å². The number of hydrogen-bond acceptors (Lipinski definition) is 9. The van der Waals surface area contributed by atoms with Crippen LogP contribution in [0.25, 0.3) is 22.4 Å². The predicted molar refractivity (Wildman–Crippen MR) is 140 cm³/mol. The molecule has 2 heterocycles. The van der Waals surface area contributed by atoms with E-state index in [2.05, 4.69) is 25.5 Å². The first kappa shape index (κ1) is 28.5. The van der Waals surface area contributed by atoms with Gasteiger partial charge < -0.3 is 21.0 Å². The van der Waals surface area contributed by atoms with Crippen LogP contribution in [0.4, 0.5) is 19.1 Å². The largest absolute Gasteiger partial charge is 0.471 e. The minimum atomic E-state index is -2.82. The number of ether oxygens (including phenoxy) is 1. The number of alkyl halides is 2. The molecule has 2 aromatic heterocycles. The van der Waals surface area contributed by atoms with Crippen LogP contribution in [0.2, 0.25) is 0 Å². The molecule has 1 aromatic carbocycles. The second-order valence-corrected chi connectivity index (χ2v) is 9.17. The van der Waals surface area contributed by atoms with E-state index in [1.165, 1.54) is 30.3 Å². The fraction of sp³-hybridized carbons (Fsp3) is 0.346. The highest BCUT2D eigenvalue weighted by Crippen LogP contribution is 2.39. The van der Waals surface area contributed by atoms with Gasteiger partial charge in [0.15, 0.2) is 0 Å². The number of nitrogens with one attached hydrogen (secondary N) is 2. The van der Waals surface area contributed by atoms with Gasteiger partial charge in [0.1, 0.15) is 18.1 Å². The van der Waals surface area contributed by atoms with E-state index in [0.29, 0.717) is 29.0 Å². The van der Waals surface area contributed by atoms with E-state index in [9.17, 15) is 18.3 Å². The monoisotopic (exact) mass is 529 g/mol. The third kappa shape index (κ3) is 7.48. The van der Waals surface area contributed by atoms with Crippen LogP contribution in [0.1, 0.15) is 45.0 Å². The van der Waals surface area contributed by atoms with Gasteiger partial charge in [-0.2, -0.15) is 10.1 Å². The van der Waals surface area contributed by atoms with Crippen LogP contribution in [-0.4, -0.2) is 50.2 Å². The van der Waals surface area contributed by atoms with Crippen molar-refractivity contribution < 1.29 is 23.0 Å². The molecule has 3 aromatic rings. The topological polar surface area (TPSA) is 142 Å². The highest BCUT2D eigenvalue weighted by atomic mass is 19.3. The van der Waals surface area contributed by atoms with Gasteiger partial charge in [-0.25, -0.2) is 18.2 Å². The number of aryl methyl sites for hydroxylation is 1. The molecule has 0 saturated heterocycles. The molecule has 9 nitrogen and oxygen atoms in total. The summed E-state index contributed by atoms with van der Waals surface area (Å²) in [5, 5.41) is 22.5. The number of nitrogens with two attached hydrogens (primary N) is 1. The molecule has 202 valence electrons. The molecule has 0 amide bonds. The van der Waals surface area contributed by atoms with Crippen LogP contribution >= 0.6 is 0 Å². The Kier molecular flexibility index (Phi) is 9.00. The number of halogens is 3. The molecular weight excluding hydrogens is 499 g/mol. The van der Waals surface area contributed by atoms with Gasteiger partial charge in [0, 0.05) is 11.3 Å². The molecule has 0 unspecified atom stereocenters. The number of nitrogen functional groups attached to an aromatic ring is 1. The van der Waals surface area contributed by atoms with Gasteiger partial charge in [-0.1, -0.05) is 6.92 Å². The Balaban J connectivity index is 2.06. The Morgan fingerprint density at radius 2 is 1.84 bits per heavy atom. The van der Waals surface area contributed by atoms with Gasteiger partial charge in [-0.15, -0.1) is 0 Å². The molecule has 3 rings (SSSR count). The highest BCUT2D eigenvalue weighted by Gasteiger charge is 2.22. The number of benzene rings is 1. The van der Waals surface area contributed by atoms with Crippen LogP contribution in [0.3, 0.4) is 0 Å². The molecule has 0 aliphatic heterocycles. The quantitative estimate of drug-likeness (QED) is 0.208. The number of aliphatic hydroxyl groups is 1. The SMILES string of the molecule is CC/C(=N/NCC(C)(C)O)C(=N)COc1nc(N)nc(-c2ccc(F)cc2)c1-c1cc(C)nc(C(F)F)c1. The van der Waals surface area contributed by atoms with Crippen molar-refractivity contribution in [3.05, 3.63) is 53.6 Å². The zero-order chi connectivity index (χ0) is 28.0. The Hall–Kier alpha value is -4.06. The first-order valence-corrected chi connectivity index (χ1v) is 11.8. The standard InChI is InChI=1S/C26H30F3N7O2/c1-5-19(36-32-13-26(3,4)37)18(30)12-38-24-21(16-10-14(2)33-20(11-16)23(28)29)22(34-25(31)35-24)15-6-8-17(27)9-7-15/h6-11,23,30,32,37H,5,12-13H2,1-4H3,(H2,31,34,35)/b30-18?,36-19-. The normalized spacial score (nSPS) is 12.1. The summed E-state index contributed by atoms with van der Waals surface area (Å²) in [6.07, 6.45) is -2.42. The van der Waals surface area contributed by atoms with Crippen molar-refractivity contribution in [3.8, 4) is 28.3 Å². The van der Waals surface area contributed by atoms with Crippen LogP contribution < -0.4 is 15.9 Å². The maximum atomic E-state index is 13.6. The Bertz CT molecular complexity index is 1320. The molecule has 0 spiro atoms. The Morgan fingerprint density at radius 3 is 2.45 bits per heavy atom. The average molecular weight is 530 g/mol. The summed E-state index contributed by atoms with van der Waals surface area (Å²) in [5.41, 5.74) is 9.24. The van der Waals surface area contributed by atoms with Gasteiger partial charge in [-0.05, 0) is 69.2 Å². The Labute approximate surface area is 218 Å². The average Bonchev–Trinajstić information content (AvgIpc) is 2.84. The van der Waals surface area contributed by atoms with Crippen molar-refractivity contribution in [2.24, 2.45) is 5.10 Å². The highest BCUT2D eigenvalue weighted by molar-refractivity contribution is 6.41. The van der Waals surface area contributed by atoms with Crippen molar-refractivity contribution in [1.82, 2.24) is 20.4 Å². The molecular formula is C26H30F3N7O2. The van der Waals surface area contributed by atoms with E-state index < -0.39 is 23.5 Å². The maximum absolute atomic E-state index is 13.6. The van der Waals surface area contributed by atoms with E-state index >= 15 is 0 Å². The van der Waals surface area contributed by atoms with Crippen LogP contribution in [-0.2, 0) is 0 Å². The van der Waals surface area contributed by atoms with E-state index in [1.807, 2.05) is 6.92 Å². The molecule has 0 radical (unpaired) electrons. The number of rotatable bonds is 11. The molecule has 0 aliphatic rings. The van der Waals surface area contributed by atoms with Crippen molar-refractivity contribution in [1.29, 1.82) is 5.41 Å². The summed E-state index contributed by atoms with van der Waals surface area (Å²) in [5.74, 6) is -0.676. The third-order valence-corrected chi connectivity index (χ3v) is 5.26. The number of pyridine rings is 1. The van der Waals surface area contributed by atoms with Crippen LogP contribution in [0.15, 0.2) is 41.5 Å². The van der Waals surface area contributed by atoms with Crippen LogP contribution in [0.5, 0.6) is 5.88 Å². The smallest absolute Gasteiger partial charge is 0.280 e. The van der Waals surface area contributed by atoms with Gasteiger partial charge in [0.2, 0.25) is 11.8 Å². The number of hydrazone groups is 1. The lowest BCUT2D eigenvalue weighted by atomic mass is 9.99. The fourth-order valence-corrected chi connectivity index (χ4v) is 3.50. The molecule has 0 saturated carbocycles. The maximum Gasteiger partial charge on any atom is 0.280 e. The second-order valence-electron chi connectivity index (χ2n) is 9.17. The zero-order valence-electron chi connectivity index (χ0n) is 21.5.